The van der Waals surface area contributed by atoms with Gasteiger partial charge in [0, 0.05) is 24.5 Å². The highest BCUT2D eigenvalue weighted by Crippen LogP contribution is 2.34. The predicted octanol–water partition coefficient (Wildman–Crippen LogP) is 3.57. The van der Waals surface area contributed by atoms with Crippen LogP contribution in [0.25, 0.3) is 11.1 Å². The molecular formula is C22H21N3O. The largest absolute Gasteiger partial charge is 0.371 e. The number of benzene rings is 2. The second-order valence-electron chi connectivity index (χ2n) is 6.84. The smallest absolute Gasteiger partial charge is 0.243 e. The van der Waals surface area contributed by atoms with Crippen LogP contribution in [-0.2, 0) is 17.6 Å². The summed E-state index contributed by atoms with van der Waals surface area (Å²) in [5.74, 6) is -0.311. The number of pyridine rings is 1. The minimum Gasteiger partial charge on any atom is -0.371 e. The number of hydrogen-bond donors (Lipinski definition) is 2. The van der Waals surface area contributed by atoms with Gasteiger partial charge >= 0.3 is 0 Å². The molecule has 0 bridgehead atoms. The first-order valence-corrected chi connectivity index (χ1v) is 8.82. The molecule has 0 aliphatic carbocycles. The standard InChI is InChI=1S/C22H21N3O/c23-21(26)22(14-19-15-24-13-11-20(19)25-22)12-10-16-6-8-18(9-7-16)17-4-2-1-3-5-17/h1-9,11,13,15,25H,10,12,14H2,(H2,23,26). The Morgan fingerprint density at radius 1 is 1.04 bits per heavy atom. The molecule has 3 aromatic rings. The maximum Gasteiger partial charge on any atom is 0.243 e. The normalized spacial score (nSPS) is 18.2. The Bertz CT molecular complexity index is 895. The van der Waals surface area contributed by atoms with Gasteiger partial charge in [-0.25, -0.2) is 0 Å². The second-order valence-corrected chi connectivity index (χ2v) is 6.84. The summed E-state index contributed by atoms with van der Waals surface area (Å²) < 4.78 is 0. The van der Waals surface area contributed by atoms with Crippen LogP contribution < -0.4 is 11.1 Å². The van der Waals surface area contributed by atoms with E-state index in [9.17, 15) is 4.79 Å². The summed E-state index contributed by atoms with van der Waals surface area (Å²) >= 11 is 0. The van der Waals surface area contributed by atoms with E-state index in [1.54, 1.807) is 6.20 Å². The van der Waals surface area contributed by atoms with Crippen molar-refractivity contribution >= 4 is 11.6 Å². The lowest BCUT2D eigenvalue weighted by molar-refractivity contribution is -0.122. The Morgan fingerprint density at radius 2 is 1.77 bits per heavy atom. The number of primary amides is 1. The fourth-order valence-corrected chi connectivity index (χ4v) is 3.59. The van der Waals surface area contributed by atoms with Crippen molar-refractivity contribution in [2.24, 2.45) is 5.73 Å². The average molecular weight is 343 g/mol. The predicted molar refractivity (Wildman–Crippen MR) is 104 cm³/mol. The first-order chi connectivity index (χ1) is 12.7. The van der Waals surface area contributed by atoms with Crippen LogP contribution in [0.3, 0.4) is 0 Å². The van der Waals surface area contributed by atoms with Crippen molar-refractivity contribution in [3.63, 3.8) is 0 Å². The molecule has 0 radical (unpaired) electrons. The Hall–Kier alpha value is -3.14. The molecular weight excluding hydrogens is 322 g/mol. The molecule has 26 heavy (non-hydrogen) atoms. The van der Waals surface area contributed by atoms with Crippen LogP contribution in [0.4, 0.5) is 5.69 Å². The van der Waals surface area contributed by atoms with Crippen LogP contribution >= 0.6 is 0 Å². The number of carbonyl (C=O) groups is 1. The quantitative estimate of drug-likeness (QED) is 0.744. The summed E-state index contributed by atoms with van der Waals surface area (Å²) in [6.07, 6.45) is 5.56. The van der Waals surface area contributed by atoms with Gasteiger partial charge in [-0.1, -0.05) is 54.6 Å². The molecule has 2 heterocycles. The molecule has 0 spiro atoms. The average Bonchev–Trinajstić information content (AvgIpc) is 3.08. The number of carbonyl (C=O) groups excluding carboxylic acids is 1. The Kier molecular flexibility index (Phi) is 4.17. The summed E-state index contributed by atoms with van der Waals surface area (Å²) in [4.78, 5) is 16.3. The highest BCUT2D eigenvalue weighted by Gasteiger charge is 2.41. The topological polar surface area (TPSA) is 68.0 Å². The molecule has 1 aliphatic rings. The van der Waals surface area contributed by atoms with Crippen LogP contribution in [0, 0.1) is 0 Å². The zero-order valence-electron chi connectivity index (χ0n) is 14.5. The summed E-state index contributed by atoms with van der Waals surface area (Å²) in [6.45, 7) is 0. The van der Waals surface area contributed by atoms with Crippen molar-refractivity contribution in [1.82, 2.24) is 4.98 Å². The molecule has 4 rings (SSSR count). The lowest BCUT2D eigenvalue weighted by Crippen LogP contribution is -2.49. The van der Waals surface area contributed by atoms with E-state index in [4.69, 9.17) is 5.73 Å². The van der Waals surface area contributed by atoms with E-state index in [2.05, 4.69) is 46.7 Å². The van der Waals surface area contributed by atoms with Crippen molar-refractivity contribution in [1.29, 1.82) is 0 Å². The number of rotatable bonds is 5. The molecule has 1 aliphatic heterocycles. The van der Waals surface area contributed by atoms with Crippen LogP contribution in [-0.4, -0.2) is 16.4 Å². The van der Waals surface area contributed by atoms with Gasteiger partial charge in [-0.05, 0) is 41.2 Å². The lowest BCUT2D eigenvalue weighted by Gasteiger charge is -2.26. The third-order valence-electron chi connectivity index (χ3n) is 5.14. The summed E-state index contributed by atoms with van der Waals surface area (Å²) in [5, 5.41) is 3.34. The number of nitrogens with two attached hydrogens (primary N) is 1. The van der Waals surface area contributed by atoms with Gasteiger partial charge in [0.15, 0.2) is 0 Å². The van der Waals surface area contributed by atoms with E-state index in [1.165, 1.54) is 16.7 Å². The van der Waals surface area contributed by atoms with Gasteiger partial charge < -0.3 is 11.1 Å². The zero-order valence-corrected chi connectivity index (χ0v) is 14.5. The summed E-state index contributed by atoms with van der Waals surface area (Å²) in [7, 11) is 0. The van der Waals surface area contributed by atoms with Crippen LogP contribution in [0.1, 0.15) is 17.5 Å². The maximum absolute atomic E-state index is 12.2. The number of nitrogens with zero attached hydrogens (tertiary/aromatic N) is 1. The Morgan fingerprint density at radius 3 is 2.46 bits per heavy atom. The van der Waals surface area contributed by atoms with E-state index in [-0.39, 0.29) is 5.91 Å². The van der Waals surface area contributed by atoms with Crippen molar-refractivity contribution in [3.05, 3.63) is 84.2 Å². The molecule has 1 amide bonds. The summed E-state index contributed by atoms with van der Waals surface area (Å²) in [5.41, 5.74) is 10.6. The number of nitrogens with one attached hydrogen (secondary N) is 1. The van der Waals surface area contributed by atoms with Gasteiger partial charge in [0.05, 0.1) is 0 Å². The van der Waals surface area contributed by atoms with E-state index >= 15 is 0 Å². The number of amides is 1. The first kappa shape index (κ1) is 16.3. The number of hydrogen-bond acceptors (Lipinski definition) is 3. The second kappa shape index (κ2) is 6.64. The third kappa shape index (κ3) is 3.06. The van der Waals surface area contributed by atoms with Crippen molar-refractivity contribution < 1.29 is 4.79 Å². The SMILES string of the molecule is NC(=O)C1(CCc2ccc(-c3ccccc3)cc2)Cc2cnccc2N1. The molecule has 0 saturated carbocycles. The molecule has 130 valence electrons. The summed E-state index contributed by atoms with van der Waals surface area (Å²) in [6, 6.07) is 20.7. The highest BCUT2D eigenvalue weighted by molar-refractivity contribution is 5.90. The van der Waals surface area contributed by atoms with Gasteiger partial charge in [-0.2, -0.15) is 0 Å². The van der Waals surface area contributed by atoms with Gasteiger partial charge in [-0.15, -0.1) is 0 Å². The van der Waals surface area contributed by atoms with Crippen LogP contribution in [0.15, 0.2) is 73.1 Å². The molecule has 2 aromatic carbocycles. The van der Waals surface area contributed by atoms with Crippen molar-refractivity contribution in [2.75, 3.05) is 5.32 Å². The maximum atomic E-state index is 12.2. The lowest BCUT2D eigenvalue weighted by atomic mass is 9.87. The zero-order chi connectivity index (χ0) is 18.0. The molecule has 4 nitrogen and oxygen atoms in total. The minimum absolute atomic E-state index is 0.311. The molecule has 3 N–H and O–H groups in total. The first-order valence-electron chi connectivity index (χ1n) is 8.82. The fraction of sp³-hybridized carbons (Fsp3) is 0.182. The van der Waals surface area contributed by atoms with Gasteiger partial charge in [0.2, 0.25) is 5.91 Å². The molecule has 0 saturated heterocycles. The van der Waals surface area contributed by atoms with E-state index in [0.717, 1.165) is 17.7 Å². The van der Waals surface area contributed by atoms with Crippen LogP contribution in [0.5, 0.6) is 0 Å². The Labute approximate surface area is 153 Å². The third-order valence-corrected chi connectivity index (χ3v) is 5.14. The van der Waals surface area contributed by atoms with Crippen molar-refractivity contribution in [3.8, 4) is 11.1 Å². The van der Waals surface area contributed by atoms with E-state index in [1.807, 2.05) is 30.5 Å². The van der Waals surface area contributed by atoms with Gasteiger partial charge in [-0.3, -0.25) is 9.78 Å². The van der Waals surface area contributed by atoms with E-state index < -0.39 is 5.54 Å². The minimum atomic E-state index is -0.733. The number of fused-ring (bicyclic) bond motifs is 1. The van der Waals surface area contributed by atoms with Crippen LogP contribution in [0.2, 0.25) is 0 Å². The molecule has 4 heteroatoms. The van der Waals surface area contributed by atoms with Crippen molar-refractivity contribution in [2.45, 2.75) is 24.8 Å². The molecule has 1 unspecified atom stereocenters. The monoisotopic (exact) mass is 343 g/mol. The van der Waals surface area contributed by atoms with Gasteiger partial charge in [0.1, 0.15) is 5.54 Å². The number of aromatic nitrogens is 1. The molecule has 0 fully saturated rings. The highest BCUT2D eigenvalue weighted by atomic mass is 16.1. The molecule has 1 aromatic heterocycles. The van der Waals surface area contributed by atoms with Gasteiger partial charge in [0.25, 0.3) is 0 Å². The fourth-order valence-electron chi connectivity index (χ4n) is 3.59. The molecule has 1 atom stereocenters. The number of anilines is 1. The number of aryl methyl sites for hydroxylation is 1. The van der Waals surface area contributed by atoms with E-state index in [0.29, 0.717) is 12.8 Å². The Balaban J connectivity index is 1.48.